The van der Waals surface area contributed by atoms with E-state index in [1.807, 2.05) is 30.3 Å². The van der Waals surface area contributed by atoms with Crippen LogP contribution < -0.4 is 9.46 Å². The molecule has 0 saturated heterocycles. The Bertz CT molecular complexity index is 745. The van der Waals surface area contributed by atoms with Crippen LogP contribution in [0.4, 0.5) is 0 Å². The van der Waals surface area contributed by atoms with Gasteiger partial charge in [-0.15, -0.1) is 0 Å². The van der Waals surface area contributed by atoms with Crippen LogP contribution in [0.25, 0.3) is 0 Å². The molecule has 3 rings (SSSR count). The minimum atomic E-state index is -3.52. The second-order valence-corrected chi connectivity index (χ2v) is 7.99. The van der Waals surface area contributed by atoms with Crippen molar-refractivity contribution in [1.82, 2.24) is 4.72 Å². The molecule has 0 aromatic heterocycles. The quantitative estimate of drug-likeness (QED) is 0.811. The molecule has 2 aromatic carbocycles. The Morgan fingerprint density at radius 2 is 1.61 bits per heavy atom. The molecule has 2 atom stereocenters. The molecule has 1 N–H and O–H groups in total. The maximum atomic E-state index is 12.4. The van der Waals surface area contributed by atoms with Crippen molar-refractivity contribution in [3.05, 3.63) is 54.6 Å². The molecular weight excluding hydrogens is 330 g/mol. The van der Waals surface area contributed by atoms with E-state index in [1.54, 1.807) is 24.3 Å². The number of nitrogens with one attached hydrogen (secondary N) is 1. The normalized spacial score (nSPS) is 21.3. The Hall–Kier alpha value is -1.50. The summed E-state index contributed by atoms with van der Waals surface area (Å²) in [7, 11) is -3.52. The Labute approximate surface area is 142 Å². The minimum absolute atomic E-state index is 0.0884. The molecule has 4 nitrogen and oxygen atoms in total. The maximum Gasteiger partial charge on any atom is 0.240 e. The summed E-state index contributed by atoms with van der Waals surface area (Å²) >= 11 is 4.44. The van der Waals surface area contributed by atoms with Gasteiger partial charge in [0.1, 0.15) is 11.5 Å². The lowest BCUT2D eigenvalue weighted by molar-refractivity contribution is 0.482. The van der Waals surface area contributed by atoms with E-state index in [-0.39, 0.29) is 16.2 Å². The molecule has 1 aliphatic rings. The molecule has 2 aromatic rings. The zero-order chi connectivity index (χ0) is 16.3. The molecule has 0 aliphatic heterocycles. The summed E-state index contributed by atoms with van der Waals surface area (Å²) in [6.07, 6.45) is 2.79. The van der Waals surface area contributed by atoms with Gasteiger partial charge >= 0.3 is 0 Å². The molecule has 1 fully saturated rings. The van der Waals surface area contributed by atoms with Gasteiger partial charge in [-0.25, -0.2) is 13.1 Å². The number of sulfonamides is 1. The zero-order valence-electron chi connectivity index (χ0n) is 12.6. The summed E-state index contributed by atoms with van der Waals surface area (Å²) in [6, 6.07) is 15.7. The van der Waals surface area contributed by atoms with E-state index in [4.69, 9.17) is 4.74 Å². The van der Waals surface area contributed by atoms with Crippen molar-refractivity contribution in [2.24, 2.45) is 0 Å². The lowest BCUT2D eigenvalue weighted by Gasteiger charge is -2.17. The second kappa shape index (κ2) is 6.95. The average molecular weight is 349 g/mol. The molecular formula is C17H19NO3S2. The highest BCUT2D eigenvalue weighted by Crippen LogP contribution is 2.26. The molecule has 1 aliphatic carbocycles. The molecule has 0 amide bonds. The highest BCUT2D eigenvalue weighted by Gasteiger charge is 2.28. The Morgan fingerprint density at radius 3 is 2.22 bits per heavy atom. The Kier molecular flexibility index (Phi) is 4.94. The van der Waals surface area contributed by atoms with Gasteiger partial charge in [-0.05, 0) is 49.2 Å². The van der Waals surface area contributed by atoms with Crippen LogP contribution in [0.3, 0.4) is 0 Å². The number of rotatable bonds is 5. The van der Waals surface area contributed by atoms with Crippen LogP contribution in [0.15, 0.2) is 59.5 Å². The SMILES string of the molecule is O=S(=O)(N[C@H]1CCC[C@H]1S)c1ccc(Oc2ccccc2)cc1. The van der Waals surface area contributed by atoms with Gasteiger partial charge < -0.3 is 4.74 Å². The summed E-state index contributed by atoms with van der Waals surface area (Å²) in [6.45, 7) is 0. The summed E-state index contributed by atoms with van der Waals surface area (Å²) in [5, 5.41) is 0.0884. The van der Waals surface area contributed by atoms with Gasteiger partial charge in [-0.1, -0.05) is 24.6 Å². The first-order chi connectivity index (χ1) is 11.0. The molecule has 122 valence electrons. The number of hydrogen-bond donors (Lipinski definition) is 2. The van der Waals surface area contributed by atoms with Crippen LogP contribution >= 0.6 is 12.6 Å². The van der Waals surface area contributed by atoms with Crippen LogP contribution in [-0.4, -0.2) is 19.7 Å². The second-order valence-electron chi connectivity index (χ2n) is 5.61. The van der Waals surface area contributed by atoms with Crippen LogP contribution in [0.2, 0.25) is 0 Å². The molecule has 1 saturated carbocycles. The summed E-state index contributed by atoms with van der Waals surface area (Å²) in [5.74, 6) is 1.31. The van der Waals surface area contributed by atoms with E-state index >= 15 is 0 Å². The van der Waals surface area contributed by atoms with Crippen molar-refractivity contribution in [3.8, 4) is 11.5 Å². The number of thiol groups is 1. The minimum Gasteiger partial charge on any atom is -0.457 e. The predicted octanol–water partition coefficient (Wildman–Crippen LogP) is 3.61. The molecule has 0 spiro atoms. The van der Waals surface area contributed by atoms with Gasteiger partial charge in [-0.2, -0.15) is 12.6 Å². The van der Waals surface area contributed by atoms with Crippen LogP contribution in [0, 0.1) is 0 Å². The van der Waals surface area contributed by atoms with Crippen molar-refractivity contribution < 1.29 is 13.2 Å². The average Bonchev–Trinajstić information content (AvgIpc) is 2.93. The molecule has 6 heteroatoms. The maximum absolute atomic E-state index is 12.4. The van der Waals surface area contributed by atoms with Crippen LogP contribution in [0.5, 0.6) is 11.5 Å². The smallest absolute Gasteiger partial charge is 0.240 e. The Balaban J connectivity index is 1.71. The van der Waals surface area contributed by atoms with Crippen LogP contribution in [0.1, 0.15) is 19.3 Å². The van der Waals surface area contributed by atoms with Crippen molar-refractivity contribution >= 4 is 22.7 Å². The van der Waals surface area contributed by atoms with E-state index in [1.165, 1.54) is 0 Å². The van der Waals surface area contributed by atoms with Crippen molar-refractivity contribution in [1.29, 1.82) is 0 Å². The lowest BCUT2D eigenvalue weighted by atomic mass is 10.3. The van der Waals surface area contributed by atoms with E-state index in [9.17, 15) is 8.42 Å². The first kappa shape index (κ1) is 16.4. The van der Waals surface area contributed by atoms with Gasteiger partial charge in [-0.3, -0.25) is 0 Å². The number of hydrogen-bond acceptors (Lipinski definition) is 4. The zero-order valence-corrected chi connectivity index (χ0v) is 14.3. The fourth-order valence-corrected chi connectivity index (χ4v) is 4.47. The highest BCUT2D eigenvalue weighted by atomic mass is 32.2. The van der Waals surface area contributed by atoms with Gasteiger partial charge in [0.05, 0.1) is 4.90 Å². The molecule has 0 bridgehead atoms. The molecule has 0 heterocycles. The van der Waals surface area contributed by atoms with E-state index in [0.29, 0.717) is 11.5 Å². The topological polar surface area (TPSA) is 55.4 Å². The lowest BCUT2D eigenvalue weighted by Crippen LogP contribution is -2.37. The number of para-hydroxylation sites is 1. The van der Waals surface area contributed by atoms with Crippen molar-refractivity contribution in [2.75, 3.05) is 0 Å². The molecule has 0 unspecified atom stereocenters. The third kappa shape index (κ3) is 4.07. The molecule has 0 radical (unpaired) electrons. The van der Waals surface area contributed by atoms with E-state index in [2.05, 4.69) is 17.4 Å². The monoisotopic (exact) mass is 349 g/mol. The third-order valence-corrected chi connectivity index (χ3v) is 6.02. The van der Waals surface area contributed by atoms with Crippen molar-refractivity contribution in [2.45, 2.75) is 35.4 Å². The van der Waals surface area contributed by atoms with Gasteiger partial charge in [0.2, 0.25) is 10.0 Å². The third-order valence-electron chi connectivity index (χ3n) is 3.90. The highest BCUT2D eigenvalue weighted by molar-refractivity contribution is 7.89. The summed E-state index contributed by atoms with van der Waals surface area (Å²) in [4.78, 5) is 0.241. The standard InChI is InChI=1S/C17H19NO3S2/c19-23(20,18-16-7-4-8-17(16)22)15-11-9-14(10-12-15)21-13-5-2-1-3-6-13/h1-3,5-6,9-12,16-18,22H,4,7-8H2/t16-,17+/m0/s1. The van der Waals surface area contributed by atoms with Gasteiger partial charge in [0, 0.05) is 11.3 Å². The molecule has 23 heavy (non-hydrogen) atoms. The van der Waals surface area contributed by atoms with Crippen LogP contribution in [-0.2, 0) is 10.0 Å². The number of benzene rings is 2. The van der Waals surface area contributed by atoms with Gasteiger partial charge in [0.15, 0.2) is 0 Å². The Morgan fingerprint density at radius 1 is 0.957 bits per heavy atom. The summed E-state index contributed by atoms with van der Waals surface area (Å²) < 4.78 is 33.2. The van der Waals surface area contributed by atoms with E-state index in [0.717, 1.165) is 19.3 Å². The first-order valence-corrected chi connectivity index (χ1v) is 9.58. The van der Waals surface area contributed by atoms with Gasteiger partial charge in [0.25, 0.3) is 0 Å². The largest absolute Gasteiger partial charge is 0.457 e. The fourth-order valence-electron chi connectivity index (χ4n) is 2.66. The fraction of sp³-hybridized carbons (Fsp3) is 0.294. The predicted molar refractivity (Wildman–Crippen MR) is 93.7 cm³/mol. The summed E-state index contributed by atoms with van der Waals surface area (Å²) in [5.41, 5.74) is 0. The van der Waals surface area contributed by atoms with E-state index < -0.39 is 10.0 Å². The van der Waals surface area contributed by atoms with Crippen molar-refractivity contribution in [3.63, 3.8) is 0 Å². The first-order valence-electron chi connectivity index (χ1n) is 7.58. The number of ether oxygens (including phenoxy) is 1.